The Bertz CT molecular complexity index is 1390. The predicted octanol–water partition coefficient (Wildman–Crippen LogP) is 7.43. The second-order valence-electron chi connectivity index (χ2n) is 9.87. The lowest BCUT2D eigenvalue weighted by atomic mass is 9.85. The van der Waals surface area contributed by atoms with Gasteiger partial charge in [0.05, 0.1) is 35.6 Å². The van der Waals surface area contributed by atoms with E-state index in [4.69, 9.17) is 9.05 Å². The number of carbonyl (C=O) groups is 1. The summed E-state index contributed by atoms with van der Waals surface area (Å²) in [7, 11) is -2.38. The number of hydrogen-bond acceptors (Lipinski definition) is 6. The first kappa shape index (κ1) is 33.1. The van der Waals surface area contributed by atoms with Crippen molar-refractivity contribution in [3.8, 4) is 0 Å². The van der Waals surface area contributed by atoms with Gasteiger partial charge in [-0.25, -0.2) is 4.79 Å². The molecule has 1 aliphatic heterocycles. The molecular formula is C31H36F3N2O5P. The lowest BCUT2D eigenvalue weighted by molar-refractivity contribution is -0.137. The first-order valence-corrected chi connectivity index (χ1v) is 14.8. The molecule has 11 heteroatoms. The zero-order valence-electron chi connectivity index (χ0n) is 23.9. The highest BCUT2D eigenvalue weighted by Gasteiger charge is 2.46. The molecule has 3 rings (SSSR count). The van der Waals surface area contributed by atoms with E-state index in [1.54, 1.807) is 18.7 Å². The monoisotopic (exact) mass is 604 g/mol. The molecule has 0 saturated heterocycles. The van der Waals surface area contributed by atoms with E-state index >= 15 is 0 Å². The molecule has 226 valence electrons. The van der Waals surface area contributed by atoms with Gasteiger partial charge < -0.3 is 24.0 Å². The molecule has 1 unspecified atom stereocenters. The van der Waals surface area contributed by atoms with Crippen LogP contribution in [-0.2, 0) is 31.1 Å². The molecule has 1 aliphatic rings. The zero-order chi connectivity index (χ0) is 31.1. The Morgan fingerprint density at radius 1 is 1.05 bits per heavy atom. The second-order valence-corrected chi connectivity index (χ2v) is 11.9. The van der Waals surface area contributed by atoms with Crippen molar-refractivity contribution in [2.75, 3.05) is 33.4 Å². The van der Waals surface area contributed by atoms with Gasteiger partial charge in [-0.3, -0.25) is 4.57 Å². The summed E-state index contributed by atoms with van der Waals surface area (Å²) in [6, 6.07) is 14.2. The number of hydrogen-bond donors (Lipinski definition) is 1. The topological polar surface area (TPSA) is 79.3 Å². The molecule has 42 heavy (non-hydrogen) atoms. The lowest BCUT2D eigenvalue weighted by Gasteiger charge is -2.40. The van der Waals surface area contributed by atoms with E-state index in [9.17, 15) is 27.6 Å². The van der Waals surface area contributed by atoms with E-state index in [0.717, 1.165) is 17.7 Å². The normalized spacial score (nSPS) is 16.3. The van der Waals surface area contributed by atoms with Gasteiger partial charge in [-0.15, -0.1) is 13.2 Å². The molecule has 0 amide bonds. The summed E-state index contributed by atoms with van der Waals surface area (Å²) in [4.78, 5) is 16.6. The van der Waals surface area contributed by atoms with Crippen molar-refractivity contribution in [3.63, 3.8) is 0 Å². The molecule has 0 aliphatic carbocycles. The number of carboxylic acids is 1. The fourth-order valence-electron chi connectivity index (χ4n) is 5.00. The fourth-order valence-corrected chi connectivity index (χ4v) is 7.07. The van der Waals surface area contributed by atoms with Crippen molar-refractivity contribution in [1.29, 1.82) is 0 Å². The third kappa shape index (κ3) is 7.69. The van der Waals surface area contributed by atoms with Crippen molar-refractivity contribution in [1.82, 2.24) is 9.80 Å². The van der Waals surface area contributed by atoms with Gasteiger partial charge >= 0.3 is 19.7 Å². The second kappa shape index (κ2) is 14.2. The van der Waals surface area contributed by atoms with Gasteiger partial charge in [0.2, 0.25) is 0 Å². The maximum absolute atomic E-state index is 14.5. The molecular weight excluding hydrogens is 568 g/mol. The van der Waals surface area contributed by atoms with E-state index in [1.165, 1.54) is 24.3 Å². The molecule has 1 N–H and O–H groups in total. The van der Waals surface area contributed by atoms with Crippen molar-refractivity contribution in [2.24, 2.45) is 0 Å². The average Bonchev–Trinajstić information content (AvgIpc) is 2.94. The van der Waals surface area contributed by atoms with Gasteiger partial charge in [-0.1, -0.05) is 60.7 Å². The van der Waals surface area contributed by atoms with Crippen LogP contribution in [0.3, 0.4) is 0 Å². The van der Waals surface area contributed by atoms with Crippen molar-refractivity contribution < 1.29 is 36.7 Å². The van der Waals surface area contributed by atoms with E-state index in [2.05, 4.69) is 18.1 Å². The smallest absolute Gasteiger partial charge is 0.416 e. The summed E-state index contributed by atoms with van der Waals surface area (Å²) in [5.41, 5.74) is 0.613. The minimum absolute atomic E-state index is 0.00130. The molecule has 0 radical (unpaired) electrons. The van der Waals surface area contributed by atoms with Gasteiger partial charge in [0.1, 0.15) is 0 Å². The maximum atomic E-state index is 14.5. The predicted molar refractivity (Wildman–Crippen MR) is 157 cm³/mol. The van der Waals surface area contributed by atoms with Crippen molar-refractivity contribution in [2.45, 2.75) is 32.5 Å². The van der Waals surface area contributed by atoms with Gasteiger partial charge in [0.15, 0.2) is 0 Å². The summed E-state index contributed by atoms with van der Waals surface area (Å²) in [5.74, 6) is -2.70. The summed E-state index contributed by atoms with van der Waals surface area (Å²) in [6.45, 7) is 11.5. The van der Waals surface area contributed by atoms with Gasteiger partial charge in [0, 0.05) is 31.0 Å². The molecule has 0 bridgehead atoms. The number of carboxylic acid groups (broad SMARTS) is 1. The van der Waals surface area contributed by atoms with Gasteiger partial charge in [-0.05, 0) is 38.1 Å². The molecule has 1 atom stereocenters. The number of halogens is 3. The average molecular weight is 605 g/mol. The first-order chi connectivity index (χ1) is 19.8. The van der Waals surface area contributed by atoms with Crippen LogP contribution in [0.5, 0.6) is 0 Å². The van der Waals surface area contributed by atoms with Crippen LogP contribution in [0, 0.1) is 0 Å². The summed E-state index contributed by atoms with van der Waals surface area (Å²) < 4.78 is 67.0. The maximum Gasteiger partial charge on any atom is 0.416 e. The quantitative estimate of drug-likeness (QED) is 0.178. The molecule has 0 saturated carbocycles. The highest BCUT2D eigenvalue weighted by molar-refractivity contribution is 7.58. The summed E-state index contributed by atoms with van der Waals surface area (Å²) in [6.07, 6.45) is -1.96. The number of aliphatic carboxylic acids is 1. The third-order valence-electron chi connectivity index (χ3n) is 6.93. The summed E-state index contributed by atoms with van der Waals surface area (Å²) >= 11 is 0. The van der Waals surface area contributed by atoms with Crippen LogP contribution in [0.25, 0.3) is 0 Å². The Kier molecular flexibility index (Phi) is 11.2. The minimum atomic E-state index is -4.68. The highest BCUT2D eigenvalue weighted by atomic mass is 31.2. The van der Waals surface area contributed by atoms with E-state index in [0.29, 0.717) is 31.0 Å². The highest BCUT2D eigenvalue weighted by Crippen LogP contribution is 2.65. The van der Waals surface area contributed by atoms with Crippen LogP contribution < -0.4 is 0 Å². The SMILES string of the molecule is C=CCOP(=O)(OCC=C)C1=C(C)N(CCN(C)Cc2ccccc2)C(C)=C(C(=O)O)C1c1cccc(C(F)(F)F)c1. The van der Waals surface area contributed by atoms with Crippen LogP contribution in [-0.4, -0.2) is 54.2 Å². The van der Waals surface area contributed by atoms with Crippen LogP contribution in [0.4, 0.5) is 13.2 Å². The molecule has 2 aromatic rings. The number of alkyl halides is 3. The number of rotatable bonds is 14. The van der Waals surface area contributed by atoms with Gasteiger partial charge in [-0.2, -0.15) is 13.2 Å². The largest absolute Gasteiger partial charge is 0.478 e. The number of allylic oxidation sites excluding steroid dienone is 3. The molecule has 0 aromatic heterocycles. The number of nitrogens with zero attached hydrogens (tertiary/aromatic N) is 2. The van der Waals surface area contributed by atoms with Crippen LogP contribution in [0.1, 0.15) is 36.5 Å². The minimum Gasteiger partial charge on any atom is -0.478 e. The van der Waals surface area contributed by atoms with E-state index in [1.807, 2.05) is 37.4 Å². The van der Waals surface area contributed by atoms with Crippen LogP contribution >= 0.6 is 7.60 Å². The molecule has 1 heterocycles. The molecule has 0 fully saturated rings. The Hall–Kier alpha value is -3.43. The Labute approximate surface area is 244 Å². The third-order valence-corrected chi connectivity index (χ3v) is 9.08. The zero-order valence-corrected chi connectivity index (χ0v) is 24.8. The molecule has 0 spiro atoms. The summed E-state index contributed by atoms with van der Waals surface area (Å²) in [5, 5.41) is 10.4. The Balaban J connectivity index is 2.19. The Morgan fingerprint density at radius 3 is 2.21 bits per heavy atom. The fraction of sp³-hybridized carbons (Fsp3) is 0.323. The number of benzene rings is 2. The van der Waals surface area contributed by atoms with E-state index < -0.39 is 31.2 Å². The number of likely N-dealkylation sites (N-methyl/N-ethyl adjacent to an activating group) is 1. The van der Waals surface area contributed by atoms with E-state index in [-0.39, 0.29) is 29.7 Å². The lowest BCUT2D eigenvalue weighted by Crippen LogP contribution is -2.37. The Morgan fingerprint density at radius 2 is 1.67 bits per heavy atom. The molecule has 2 aromatic carbocycles. The van der Waals surface area contributed by atoms with Crippen molar-refractivity contribution in [3.05, 3.63) is 119 Å². The van der Waals surface area contributed by atoms with Crippen molar-refractivity contribution >= 4 is 13.6 Å². The first-order valence-electron chi connectivity index (χ1n) is 13.3. The molecule has 7 nitrogen and oxygen atoms in total. The van der Waals surface area contributed by atoms with Gasteiger partial charge in [0.25, 0.3) is 0 Å². The standard InChI is InChI=1S/C31H36F3N2O5P/c1-6-18-40-42(39,41-19-7-2)29-23(4)36(17-16-35(5)21-24-12-9-8-10-13-24)22(3)27(30(37)38)28(29)25-14-11-15-26(20-25)31(32,33)34/h6-15,20,28H,1-2,16-19,21H2,3-5H3,(H,37,38). The van der Waals surface area contributed by atoms with Crippen LogP contribution in [0.15, 0.2) is 102 Å². The van der Waals surface area contributed by atoms with Crippen LogP contribution in [0.2, 0.25) is 0 Å².